The zero-order valence-electron chi connectivity index (χ0n) is 19.4. The number of pyridine rings is 1. The number of anilines is 3. The fourth-order valence-electron chi connectivity index (χ4n) is 5.42. The van der Waals surface area contributed by atoms with Crippen LogP contribution in [-0.2, 0) is 11.2 Å². The first-order chi connectivity index (χ1) is 16.5. The molecule has 34 heavy (non-hydrogen) atoms. The van der Waals surface area contributed by atoms with Gasteiger partial charge in [0, 0.05) is 25.3 Å². The van der Waals surface area contributed by atoms with Crippen LogP contribution >= 0.6 is 0 Å². The number of hydrogen-bond acceptors (Lipinski definition) is 6. The molecule has 5 rings (SSSR count). The zero-order valence-corrected chi connectivity index (χ0v) is 19.4. The summed E-state index contributed by atoms with van der Waals surface area (Å²) in [6, 6.07) is 12.2. The lowest BCUT2D eigenvalue weighted by molar-refractivity contribution is -0.127. The molecule has 2 bridgehead atoms. The number of carbonyl (C=O) groups excluding carboxylic acids is 2. The van der Waals surface area contributed by atoms with Crippen molar-refractivity contribution in [2.45, 2.75) is 37.8 Å². The molecule has 8 nitrogen and oxygen atoms in total. The molecule has 0 spiro atoms. The molecule has 3 saturated heterocycles. The molecule has 3 aliphatic heterocycles. The Kier molecular flexibility index (Phi) is 6.24. The van der Waals surface area contributed by atoms with Crippen LogP contribution in [0.1, 0.15) is 35.2 Å². The summed E-state index contributed by atoms with van der Waals surface area (Å²) < 4.78 is 0. The van der Waals surface area contributed by atoms with Crippen molar-refractivity contribution in [2.24, 2.45) is 5.73 Å². The Bertz CT molecular complexity index is 1080. The smallest absolute Gasteiger partial charge is 0.252 e. The highest BCUT2D eigenvalue weighted by Gasteiger charge is 2.45. The summed E-state index contributed by atoms with van der Waals surface area (Å²) in [6.45, 7) is 8.50. The number of hydrogen-bond donors (Lipinski definition) is 2. The summed E-state index contributed by atoms with van der Waals surface area (Å²) in [4.78, 5) is 35.5. The number of piperazine rings is 1. The van der Waals surface area contributed by atoms with Crippen molar-refractivity contribution in [1.29, 1.82) is 0 Å². The third-order valence-electron chi connectivity index (χ3n) is 7.27. The lowest BCUT2D eigenvalue weighted by Crippen LogP contribution is -2.48. The average Bonchev–Trinajstić information content (AvgIpc) is 3.60. The van der Waals surface area contributed by atoms with Gasteiger partial charge in [0.25, 0.3) is 5.91 Å². The molecule has 2 aromatic rings. The standard InChI is InChI=1S/C26H32N6O2/c1-2-24(33)32-17-20-15-21(32)16-31(20)23-10-9-22(25(27)34)26(29-23)28-19-7-5-18(6-8-19)11-14-30-12-3-4-13-30/h2,5-10,20-21H,1,3-4,11-17H2,(H2,27,34)(H,28,29)/t20?,21-/m0/s1. The molecule has 3 fully saturated rings. The van der Waals surface area contributed by atoms with Gasteiger partial charge in [0.15, 0.2) is 0 Å². The minimum Gasteiger partial charge on any atom is -0.365 e. The van der Waals surface area contributed by atoms with Gasteiger partial charge in [-0.05, 0) is 74.7 Å². The lowest BCUT2D eigenvalue weighted by Gasteiger charge is -2.34. The Morgan fingerprint density at radius 1 is 1.09 bits per heavy atom. The maximum atomic E-state index is 12.1. The highest BCUT2D eigenvalue weighted by Crippen LogP contribution is 2.35. The van der Waals surface area contributed by atoms with E-state index in [9.17, 15) is 9.59 Å². The molecular formula is C26H32N6O2. The monoisotopic (exact) mass is 460 g/mol. The van der Waals surface area contributed by atoms with Crippen molar-refractivity contribution < 1.29 is 9.59 Å². The first kappa shape index (κ1) is 22.4. The maximum absolute atomic E-state index is 12.1. The normalized spacial score (nSPS) is 21.8. The van der Waals surface area contributed by atoms with Crippen LogP contribution in [0.15, 0.2) is 49.1 Å². The van der Waals surface area contributed by atoms with Gasteiger partial charge in [-0.3, -0.25) is 9.59 Å². The number of benzene rings is 1. The van der Waals surface area contributed by atoms with Crippen LogP contribution in [-0.4, -0.2) is 71.4 Å². The van der Waals surface area contributed by atoms with Gasteiger partial charge in [0.2, 0.25) is 5.91 Å². The van der Waals surface area contributed by atoms with Crippen molar-refractivity contribution in [3.05, 3.63) is 60.2 Å². The van der Waals surface area contributed by atoms with Crippen LogP contribution in [0.25, 0.3) is 0 Å². The number of carbonyl (C=O) groups is 2. The molecular weight excluding hydrogens is 428 g/mol. The van der Waals surface area contributed by atoms with Gasteiger partial charge in [-0.2, -0.15) is 0 Å². The van der Waals surface area contributed by atoms with Gasteiger partial charge < -0.3 is 25.8 Å². The second-order valence-corrected chi connectivity index (χ2v) is 9.44. The Morgan fingerprint density at radius 3 is 2.50 bits per heavy atom. The molecule has 1 unspecified atom stereocenters. The fourth-order valence-corrected chi connectivity index (χ4v) is 5.42. The molecule has 3 aliphatic rings. The van der Waals surface area contributed by atoms with Gasteiger partial charge in [-0.1, -0.05) is 18.7 Å². The molecule has 1 aromatic heterocycles. The largest absolute Gasteiger partial charge is 0.365 e. The number of nitrogens with two attached hydrogens (primary N) is 1. The molecule has 3 N–H and O–H groups in total. The second kappa shape index (κ2) is 9.46. The van der Waals surface area contributed by atoms with Crippen LogP contribution in [0.5, 0.6) is 0 Å². The van der Waals surface area contributed by atoms with Crippen molar-refractivity contribution >= 4 is 29.1 Å². The summed E-state index contributed by atoms with van der Waals surface area (Å²) in [5, 5.41) is 3.30. The predicted octanol–water partition coefficient (Wildman–Crippen LogP) is 2.54. The number of nitrogens with zero attached hydrogens (tertiary/aromatic N) is 4. The van der Waals surface area contributed by atoms with E-state index in [1.807, 2.05) is 23.1 Å². The van der Waals surface area contributed by atoms with Gasteiger partial charge >= 0.3 is 0 Å². The summed E-state index contributed by atoms with van der Waals surface area (Å²) in [5.74, 6) is 0.703. The van der Waals surface area contributed by atoms with E-state index in [-0.39, 0.29) is 18.0 Å². The van der Waals surface area contributed by atoms with E-state index in [0.717, 1.165) is 37.4 Å². The molecule has 0 aliphatic carbocycles. The van der Waals surface area contributed by atoms with Gasteiger partial charge in [-0.15, -0.1) is 0 Å². The fraction of sp³-hybridized carbons (Fsp3) is 0.423. The van der Waals surface area contributed by atoms with Crippen LogP contribution in [0.2, 0.25) is 0 Å². The number of rotatable bonds is 8. The number of aromatic nitrogens is 1. The van der Waals surface area contributed by atoms with Crippen LogP contribution < -0.4 is 16.0 Å². The molecule has 2 amide bonds. The minimum atomic E-state index is -0.519. The number of amides is 2. The highest BCUT2D eigenvalue weighted by molar-refractivity contribution is 5.98. The van der Waals surface area contributed by atoms with Crippen LogP contribution in [0.4, 0.5) is 17.3 Å². The number of primary amides is 1. The van der Waals surface area contributed by atoms with E-state index in [1.165, 1.54) is 37.6 Å². The SMILES string of the molecule is C=CC(=O)N1CC2C[C@H]1CN2c1ccc(C(N)=O)c(Nc2ccc(CCN3CCCC3)cc2)n1. The van der Waals surface area contributed by atoms with E-state index in [2.05, 4.69) is 33.8 Å². The summed E-state index contributed by atoms with van der Waals surface area (Å²) in [5.41, 5.74) is 8.14. The second-order valence-electron chi connectivity index (χ2n) is 9.44. The molecule has 2 atom stereocenters. The predicted molar refractivity (Wildman–Crippen MR) is 133 cm³/mol. The highest BCUT2D eigenvalue weighted by atomic mass is 16.2. The van der Waals surface area contributed by atoms with Crippen LogP contribution in [0, 0.1) is 0 Å². The Labute approximate surface area is 200 Å². The third-order valence-corrected chi connectivity index (χ3v) is 7.27. The lowest BCUT2D eigenvalue weighted by atomic mass is 10.1. The van der Waals surface area contributed by atoms with Gasteiger partial charge in [-0.25, -0.2) is 4.98 Å². The minimum absolute atomic E-state index is 0.0181. The molecule has 178 valence electrons. The Morgan fingerprint density at radius 2 is 1.85 bits per heavy atom. The summed E-state index contributed by atoms with van der Waals surface area (Å²) in [6.07, 6.45) is 5.94. The van der Waals surface area contributed by atoms with Gasteiger partial charge in [0.1, 0.15) is 11.6 Å². The Hall–Kier alpha value is -3.39. The van der Waals surface area contributed by atoms with E-state index < -0.39 is 5.91 Å². The van der Waals surface area contributed by atoms with E-state index in [1.54, 1.807) is 6.07 Å². The molecule has 4 heterocycles. The summed E-state index contributed by atoms with van der Waals surface area (Å²) in [7, 11) is 0. The van der Waals surface area contributed by atoms with E-state index >= 15 is 0 Å². The molecule has 8 heteroatoms. The van der Waals surface area contributed by atoms with E-state index in [4.69, 9.17) is 10.7 Å². The molecule has 0 saturated carbocycles. The maximum Gasteiger partial charge on any atom is 0.252 e. The van der Waals surface area contributed by atoms with Crippen molar-refractivity contribution in [3.63, 3.8) is 0 Å². The van der Waals surface area contributed by atoms with Gasteiger partial charge in [0.05, 0.1) is 17.6 Å². The number of likely N-dealkylation sites (tertiary alicyclic amines) is 2. The first-order valence-corrected chi connectivity index (χ1v) is 12.1. The zero-order chi connectivity index (χ0) is 23.7. The average molecular weight is 461 g/mol. The number of nitrogens with one attached hydrogen (secondary N) is 1. The molecule has 1 aromatic carbocycles. The summed E-state index contributed by atoms with van der Waals surface area (Å²) >= 11 is 0. The first-order valence-electron chi connectivity index (χ1n) is 12.1. The van der Waals surface area contributed by atoms with Crippen molar-refractivity contribution in [1.82, 2.24) is 14.8 Å². The number of fused-ring (bicyclic) bond motifs is 2. The van der Waals surface area contributed by atoms with Crippen molar-refractivity contribution in [3.8, 4) is 0 Å². The Balaban J connectivity index is 1.29. The van der Waals surface area contributed by atoms with Crippen LogP contribution in [0.3, 0.4) is 0 Å². The van der Waals surface area contributed by atoms with E-state index in [0.29, 0.717) is 17.9 Å². The quantitative estimate of drug-likeness (QED) is 0.588. The topological polar surface area (TPSA) is 94.8 Å². The third kappa shape index (κ3) is 4.50. The molecule has 0 radical (unpaired) electrons. The van der Waals surface area contributed by atoms with Crippen molar-refractivity contribution in [2.75, 3.05) is 42.9 Å².